The molecule has 0 bridgehead atoms. The van der Waals surface area contributed by atoms with Crippen molar-refractivity contribution in [2.24, 2.45) is 4.99 Å². The van der Waals surface area contributed by atoms with Crippen LogP contribution in [0.2, 0.25) is 0 Å². The van der Waals surface area contributed by atoms with E-state index in [9.17, 15) is 0 Å². The lowest BCUT2D eigenvalue weighted by Crippen LogP contribution is -1.93. The lowest BCUT2D eigenvalue weighted by Gasteiger charge is -2.12. The molecule has 0 unspecified atom stereocenters. The Morgan fingerprint density at radius 2 is 1.86 bits per heavy atom. The van der Waals surface area contributed by atoms with Crippen molar-refractivity contribution in [3.63, 3.8) is 0 Å². The summed E-state index contributed by atoms with van der Waals surface area (Å²) in [6.45, 7) is 6.05. The van der Waals surface area contributed by atoms with Gasteiger partial charge in [0.15, 0.2) is 0 Å². The van der Waals surface area contributed by atoms with Gasteiger partial charge < -0.3 is 4.74 Å². The van der Waals surface area contributed by atoms with Crippen LogP contribution in [0.25, 0.3) is 16.7 Å². The molecule has 2 aromatic heterocycles. The molecule has 1 aromatic carbocycles. The van der Waals surface area contributed by atoms with Crippen LogP contribution in [0.3, 0.4) is 0 Å². The normalized spacial score (nSPS) is 12.0. The summed E-state index contributed by atoms with van der Waals surface area (Å²) in [7, 11) is 0. The fourth-order valence-corrected chi connectivity index (χ4v) is 2.71. The molecule has 2 heterocycles. The van der Waals surface area contributed by atoms with Crippen molar-refractivity contribution in [2.45, 2.75) is 20.8 Å². The van der Waals surface area contributed by atoms with Crippen LogP contribution in [0.1, 0.15) is 25.0 Å². The third-order valence-electron chi connectivity index (χ3n) is 4.27. The average molecular weight is 369 g/mol. The number of benzene rings is 1. The predicted molar refractivity (Wildman–Crippen MR) is 116 cm³/mol. The lowest BCUT2D eigenvalue weighted by molar-refractivity contribution is 0.465. The van der Waals surface area contributed by atoms with Gasteiger partial charge in [-0.3, -0.25) is 9.98 Å². The van der Waals surface area contributed by atoms with Crippen LogP contribution in [-0.4, -0.2) is 16.2 Å². The van der Waals surface area contributed by atoms with Gasteiger partial charge in [0, 0.05) is 42.1 Å². The molecule has 0 fully saturated rings. The highest BCUT2D eigenvalue weighted by atomic mass is 16.5. The molecule has 0 aliphatic carbocycles. The zero-order valence-corrected chi connectivity index (χ0v) is 16.3. The highest BCUT2D eigenvalue weighted by Crippen LogP contribution is 2.32. The maximum atomic E-state index is 6.07. The molecule has 3 aromatic rings. The Hall–Kier alpha value is -3.53. The van der Waals surface area contributed by atoms with Gasteiger partial charge in [0.2, 0.25) is 5.88 Å². The Labute approximate surface area is 166 Å². The second-order valence-electron chi connectivity index (χ2n) is 6.30. The third kappa shape index (κ3) is 4.80. The SMILES string of the molecule is C\C=C/N=C\C=C(/C)c1ccc(Oc2ncccc2-c2cnccc2C)cc1. The largest absolute Gasteiger partial charge is 0.438 e. The maximum absolute atomic E-state index is 6.07. The van der Waals surface area contributed by atoms with E-state index >= 15 is 0 Å². The van der Waals surface area contributed by atoms with E-state index in [1.807, 2.05) is 67.7 Å². The number of pyridine rings is 2. The quantitative estimate of drug-likeness (QED) is 0.482. The van der Waals surface area contributed by atoms with Gasteiger partial charge in [-0.25, -0.2) is 4.98 Å². The fourth-order valence-electron chi connectivity index (χ4n) is 2.71. The van der Waals surface area contributed by atoms with E-state index < -0.39 is 0 Å². The summed E-state index contributed by atoms with van der Waals surface area (Å²) in [5.74, 6) is 1.30. The smallest absolute Gasteiger partial charge is 0.227 e. The molecule has 28 heavy (non-hydrogen) atoms. The first kappa shape index (κ1) is 19.2. The predicted octanol–water partition coefficient (Wildman–Crippen LogP) is 6.25. The van der Waals surface area contributed by atoms with Crippen molar-refractivity contribution >= 4 is 11.8 Å². The summed E-state index contributed by atoms with van der Waals surface area (Å²) >= 11 is 0. The van der Waals surface area contributed by atoms with E-state index in [1.165, 1.54) is 0 Å². The summed E-state index contributed by atoms with van der Waals surface area (Å²) in [4.78, 5) is 12.8. The van der Waals surface area contributed by atoms with E-state index in [-0.39, 0.29) is 0 Å². The molecule has 0 aliphatic rings. The molecule has 0 saturated carbocycles. The van der Waals surface area contributed by atoms with Crippen LogP contribution in [0.5, 0.6) is 11.6 Å². The molecular weight excluding hydrogens is 346 g/mol. The first-order valence-corrected chi connectivity index (χ1v) is 9.14. The molecule has 3 rings (SSSR count). The third-order valence-corrected chi connectivity index (χ3v) is 4.27. The number of hydrogen-bond acceptors (Lipinski definition) is 4. The van der Waals surface area contributed by atoms with E-state index in [0.29, 0.717) is 5.88 Å². The Kier molecular flexibility index (Phi) is 6.47. The minimum Gasteiger partial charge on any atom is -0.438 e. The number of ether oxygens (including phenoxy) is 1. The molecule has 0 amide bonds. The summed E-state index contributed by atoms with van der Waals surface area (Å²) in [5, 5.41) is 0. The Bertz CT molecular complexity index is 1020. The van der Waals surface area contributed by atoms with Gasteiger partial charge in [-0.2, -0.15) is 0 Å². The standard InChI is InChI=1S/C24H23N3O/c1-4-13-25-15-11-18(2)20-7-9-21(10-8-20)28-24-22(6-5-14-27-24)23-17-26-16-12-19(23)3/h4-17H,1-3H3/b13-4-,18-11+,25-15-. The second kappa shape index (κ2) is 9.42. The van der Waals surface area contributed by atoms with Crippen molar-refractivity contribution in [1.29, 1.82) is 0 Å². The molecule has 0 spiro atoms. The first-order chi connectivity index (χ1) is 13.7. The van der Waals surface area contributed by atoms with Crippen molar-refractivity contribution in [2.75, 3.05) is 0 Å². The van der Waals surface area contributed by atoms with E-state index in [4.69, 9.17) is 4.74 Å². The van der Waals surface area contributed by atoms with Gasteiger partial charge >= 0.3 is 0 Å². The number of hydrogen-bond donors (Lipinski definition) is 0. The number of rotatable bonds is 6. The van der Waals surface area contributed by atoms with E-state index in [1.54, 1.807) is 24.8 Å². The van der Waals surface area contributed by atoms with Crippen LogP contribution >= 0.6 is 0 Å². The van der Waals surface area contributed by atoms with Gasteiger partial charge in [0.25, 0.3) is 0 Å². The van der Waals surface area contributed by atoms with Gasteiger partial charge in [-0.1, -0.05) is 18.2 Å². The number of allylic oxidation sites excluding steroid dienone is 3. The molecule has 4 heteroatoms. The molecule has 0 N–H and O–H groups in total. The molecule has 140 valence electrons. The minimum atomic E-state index is 0.567. The average Bonchev–Trinajstić information content (AvgIpc) is 2.73. The maximum Gasteiger partial charge on any atom is 0.227 e. The van der Waals surface area contributed by atoms with Crippen molar-refractivity contribution in [3.8, 4) is 22.8 Å². The van der Waals surface area contributed by atoms with Crippen molar-refractivity contribution < 1.29 is 4.74 Å². The molecule has 0 aliphatic heterocycles. The molecule has 4 nitrogen and oxygen atoms in total. The highest BCUT2D eigenvalue weighted by molar-refractivity contribution is 5.84. The van der Waals surface area contributed by atoms with Gasteiger partial charge in [0.05, 0.1) is 0 Å². The monoisotopic (exact) mass is 369 g/mol. The van der Waals surface area contributed by atoms with Crippen LogP contribution in [0.4, 0.5) is 0 Å². The number of aryl methyl sites for hydroxylation is 1. The number of aliphatic imine (C=N–C) groups is 1. The Morgan fingerprint density at radius 3 is 2.61 bits per heavy atom. The zero-order chi connectivity index (χ0) is 19.8. The van der Waals surface area contributed by atoms with Gasteiger partial charge in [-0.05, 0) is 73.9 Å². The summed E-state index contributed by atoms with van der Waals surface area (Å²) < 4.78 is 6.07. The van der Waals surface area contributed by atoms with Crippen LogP contribution in [0.15, 0.2) is 84.4 Å². The molecule has 0 saturated heterocycles. The second-order valence-corrected chi connectivity index (χ2v) is 6.30. The molecule has 0 radical (unpaired) electrons. The Morgan fingerprint density at radius 1 is 1.04 bits per heavy atom. The van der Waals surface area contributed by atoms with Crippen molar-refractivity contribution in [1.82, 2.24) is 9.97 Å². The zero-order valence-electron chi connectivity index (χ0n) is 16.3. The van der Waals surface area contributed by atoms with Crippen LogP contribution < -0.4 is 4.74 Å². The van der Waals surface area contributed by atoms with Gasteiger partial charge in [-0.15, -0.1) is 0 Å². The highest BCUT2D eigenvalue weighted by Gasteiger charge is 2.11. The van der Waals surface area contributed by atoms with E-state index in [2.05, 4.69) is 28.8 Å². The topological polar surface area (TPSA) is 47.4 Å². The van der Waals surface area contributed by atoms with E-state index in [0.717, 1.165) is 33.6 Å². The fraction of sp³-hybridized carbons (Fsp3) is 0.125. The van der Waals surface area contributed by atoms with Crippen LogP contribution in [0, 0.1) is 6.92 Å². The summed E-state index contributed by atoms with van der Waals surface area (Å²) in [6, 6.07) is 13.8. The Balaban J connectivity index is 1.81. The van der Waals surface area contributed by atoms with Crippen LogP contribution in [-0.2, 0) is 0 Å². The minimum absolute atomic E-state index is 0.567. The summed E-state index contributed by atoms with van der Waals surface area (Å²) in [6.07, 6.45) is 12.8. The molecule has 0 atom stereocenters. The first-order valence-electron chi connectivity index (χ1n) is 9.14. The summed E-state index contributed by atoms with van der Waals surface area (Å²) in [5.41, 5.74) is 5.31. The molecular formula is C24H23N3O. The lowest BCUT2D eigenvalue weighted by atomic mass is 10.0. The van der Waals surface area contributed by atoms with Gasteiger partial charge in [0.1, 0.15) is 5.75 Å². The number of aromatic nitrogens is 2. The number of nitrogens with zero attached hydrogens (tertiary/aromatic N) is 3. The van der Waals surface area contributed by atoms with Crippen molar-refractivity contribution in [3.05, 3.63) is 90.5 Å².